The minimum Gasteiger partial charge on any atom is -0.507 e. The molecule has 0 aromatic heterocycles. The number of phenolic OH excluding ortho intramolecular Hbond substituents is 4. The van der Waals surface area contributed by atoms with E-state index in [1.807, 2.05) is 0 Å². The second-order valence-electron chi connectivity index (χ2n) is 7.76. The monoisotopic (exact) mass is 428 g/mol. The van der Waals surface area contributed by atoms with Crippen LogP contribution in [0.25, 0.3) is 0 Å². The number of phenols is 4. The molecule has 9 nitrogen and oxygen atoms in total. The Labute approximate surface area is 176 Å². The lowest BCUT2D eigenvalue weighted by Crippen LogP contribution is -2.44. The lowest BCUT2D eigenvalue weighted by Gasteiger charge is -2.40. The average molecular weight is 428 g/mol. The minimum atomic E-state index is -1.61. The van der Waals surface area contributed by atoms with Crippen LogP contribution < -0.4 is 0 Å². The molecule has 0 amide bonds. The predicted molar refractivity (Wildman–Crippen MR) is 105 cm³/mol. The second kappa shape index (κ2) is 6.71. The Hall–Kier alpha value is -3.59. The van der Waals surface area contributed by atoms with E-state index in [4.69, 9.17) is 4.74 Å². The average Bonchev–Trinajstić information content (AvgIpc) is 2.75. The number of methoxy groups -OCH3 is 1. The number of ether oxygens (including phenoxy) is 1. The SMILES string of the molecule is CC[C@@]1(O)CCc2c(O)c3c(c(O)c2[C@H]1C(=O)OC)C(=O)c1c(O)ccc(O)c1C3=O. The lowest BCUT2D eigenvalue weighted by molar-refractivity contribution is -0.151. The number of carbonyl (C=O) groups excluding carboxylic acids is 3. The number of aromatic hydroxyl groups is 4. The van der Waals surface area contributed by atoms with Crippen LogP contribution in [0.3, 0.4) is 0 Å². The van der Waals surface area contributed by atoms with E-state index < -0.39 is 74.3 Å². The number of hydrogen-bond donors (Lipinski definition) is 5. The van der Waals surface area contributed by atoms with E-state index in [1.54, 1.807) is 6.92 Å². The highest BCUT2D eigenvalue weighted by Gasteiger charge is 2.51. The Morgan fingerprint density at radius 1 is 1.00 bits per heavy atom. The molecule has 0 saturated carbocycles. The van der Waals surface area contributed by atoms with Crippen molar-refractivity contribution in [2.75, 3.05) is 7.11 Å². The standard InChI is InChI=1S/C22H20O9/c1-3-22(30)7-6-8-11(16(22)21(29)31-2)18(26)15-14(17(8)25)19(27)12-9(23)4-5-10(24)13(12)20(15)28/h4-5,16,23-26,30H,3,6-7H2,1-2H3/t16-,22+/m0/s1. The molecule has 162 valence electrons. The fraction of sp³-hybridized carbons (Fsp3) is 0.318. The zero-order chi connectivity index (χ0) is 22.8. The third-order valence-electron chi connectivity index (χ3n) is 6.34. The molecule has 2 atom stereocenters. The predicted octanol–water partition coefficient (Wildman–Crippen LogP) is 1.63. The van der Waals surface area contributed by atoms with Crippen LogP contribution in [0, 0.1) is 0 Å². The van der Waals surface area contributed by atoms with Gasteiger partial charge in [0.05, 0.1) is 35.0 Å². The van der Waals surface area contributed by atoms with E-state index in [9.17, 15) is 39.9 Å². The van der Waals surface area contributed by atoms with E-state index in [2.05, 4.69) is 0 Å². The van der Waals surface area contributed by atoms with Crippen LogP contribution in [-0.4, -0.2) is 55.8 Å². The van der Waals surface area contributed by atoms with Crippen molar-refractivity contribution in [3.63, 3.8) is 0 Å². The van der Waals surface area contributed by atoms with E-state index in [1.165, 1.54) is 0 Å². The van der Waals surface area contributed by atoms with Gasteiger partial charge in [-0.25, -0.2) is 0 Å². The Morgan fingerprint density at radius 2 is 1.52 bits per heavy atom. The Bertz CT molecular complexity index is 1180. The van der Waals surface area contributed by atoms with Crippen molar-refractivity contribution >= 4 is 17.5 Å². The molecule has 31 heavy (non-hydrogen) atoms. The number of fused-ring (bicyclic) bond motifs is 3. The van der Waals surface area contributed by atoms with Gasteiger partial charge in [0, 0.05) is 11.1 Å². The molecule has 2 aromatic carbocycles. The van der Waals surface area contributed by atoms with Gasteiger partial charge in [0.1, 0.15) is 28.9 Å². The summed E-state index contributed by atoms with van der Waals surface area (Å²) < 4.78 is 4.81. The number of benzene rings is 2. The van der Waals surface area contributed by atoms with E-state index in [0.717, 1.165) is 19.2 Å². The topological polar surface area (TPSA) is 162 Å². The number of hydrogen-bond acceptors (Lipinski definition) is 9. The maximum Gasteiger partial charge on any atom is 0.316 e. The quantitative estimate of drug-likeness (QED) is 0.302. The van der Waals surface area contributed by atoms with Gasteiger partial charge in [-0.05, 0) is 31.4 Å². The summed E-state index contributed by atoms with van der Waals surface area (Å²) in [4.78, 5) is 38.9. The van der Waals surface area contributed by atoms with Crippen molar-refractivity contribution < 1.29 is 44.7 Å². The van der Waals surface area contributed by atoms with Gasteiger partial charge in [-0.15, -0.1) is 0 Å². The van der Waals surface area contributed by atoms with Crippen molar-refractivity contribution in [3.8, 4) is 23.0 Å². The minimum absolute atomic E-state index is 0.0141. The van der Waals surface area contributed by atoms with Crippen LogP contribution >= 0.6 is 0 Å². The van der Waals surface area contributed by atoms with Gasteiger partial charge < -0.3 is 30.3 Å². The summed E-state index contributed by atoms with van der Waals surface area (Å²) in [6.07, 6.45) is 0.168. The third-order valence-corrected chi connectivity index (χ3v) is 6.34. The number of aliphatic hydroxyl groups is 1. The highest BCUT2D eigenvalue weighted by Crippen LogP contribution is 2.53. The summed E-state index contributed by atoms with van der Waals surface area (Å²) in [5, 5.41) is 53.3. The van der Waals surface area contributed by atoms with Gasteiger partial charge >= 0.3 is 5.97 Å². The molecule has 2 aliphatic rings. The zero-order valence-electron chi connectivity index (χ0n) is 16.7. The smallest absolute Gasteiger partial charge is 0.316 e. The van der Waals surface area contributed by atoms with Gasteiger partial charge in [-0.1, -0.05) is 6.92 Å². The molecule has 2 aromatic rings. The molecule has 4 rings (SSSR count). The molecule has 0 radical (unpaired) electrons. The molecule has 5 N–H and O–H groups in total. The Kier molecular flexibility index (Phi) is 4.48. The highest BCUT2D eigenvalue weighted by atomic mass is 16.5. The number of esters is 1. The summed E-state index contributed by atoms with van der Waals surface area (Å²) in [7, 11) is 1.10. The molecule has 0 fully saturated rings. The molecule has 0 heterocycles. The van der Waals surface area contributed by atoms with Crippen LogP contribution in [0.4, 0.5) is 0 Å². The number of ketones is 2. The van der Waals surface area contributed by atoms with Gasteiger partial charge in [-0.2, -0.15) is 0 Å². The Morgan fingerprint density at radius 3 is 2.00 bits per heavy atom. The summed E-state index contributed by atoms with van der Waals surface area (Å²) >= 11 is 0. The van der Waals surface area contributed by atoms with Crippen LogP contribution in [0.5, 0.6) is 23.0 Å². The van der Waals surface area contributed by atoms with Crippen LogP contribution in [-0.2, 0) is 16.0 Å². The number of carbonyl (C=O) groups is 3. The first kappa shape index (κ1) is 20.7. The van der Waals surface area contributed by atoms with Gasteiger partial charge in [0.2, 0.25) is 11.6 Å². The first-order valence-corrected chi connectivity index (χ1v) is 9.64. The van der Waals surface area contributed by atoms with Crippen LogP contribution in [0.15, 0.2) is 12.1 Å². The lowest BCUT2D eigenvalue weighted by atomic mass is 9.67. The molecule has 0 saturated heterocycles. The normalized spacial score (nSPS) is 21.8. The summed E-state index contributed by atoms with van der Waals surface area (Å²) in [5.41, 5.74) is -3.92. The fourth-order valence-electron chi connectivity index (χ4n) is 4.68. The summed E-state index contributed by atoms with van der Waals surface area (Å²) in [6.45, 7) is 1.64. The van der Waals surface area contributed by atoms with Crippen LogP contribution in [0.1, 0.15) is 68.7 Å². The highest BCUT2D eigenvalue weighted by molar-refractivity contribution is 6.32. The molecule has 0 bridgehead atoms. The number of rotatable bonds is 2. The fourth-order valence-corrected chi connectivity index (χ4v) is 4.68. The van der Waals surface area contributed by atoms with Crippen molar-refractivity contribution in [1.82, 2.24) is 0 Å². The molecule has 0 spiro atoms. The van der Waals surface area contributed by atoms with Crippen molar-refractivity contribution in [2.45, 2.75) is 37.7 Å². The molecule has 0 aliphatic heterocycles. The van der Waals surface area contributed by atoms with Crippen LogP contribution in [0.2, 0.25) is 0 Å². The molecular weight excluding hydrogens is 408 g/mol. The first-order chi connectivity index (χ1) is 14.6. The van der Waals surface area contributed by atoms with Crippen molar-refractivity contribution in [2.24, 2.45) is 0 Å². The zero-order valence-corrected chi connectivity index (χ0v) is 16.7. The maximum atomic E-state index is 13.2. The third kappa shape index (κ3) is 2.56. The molecule has 2 aliphatic carbocycles. The second-order valence-corrected chi connectivity index (χ2v) is 7.76. The van der Waals surface area contributed by atoms with E-state index in [-0.39, 0.29) is 30.4 Å². The van der Waals surface area contributed by atoms with Gasteiger partial charge in [0.15, 0.2) is 0 Å². The van der Waals surface area contributed by atoms with Gasteiger partial charge in [-0.3, -0.25) is 14.4 Å². The summed E-state index contributed by atoms with van der Waals surface area (Å²) in [5.74, 6) is -6.80. The molecule has 9 heteroatoms. The van der Waals surface area contributed by atoms with Crippen molar-refractivity contribution in [3.05, 3.63) is 45.5 Å². The Balaban J connectivity index is 2.09. The first-order valence-electron chi connectivity index (χ1n) is 9.64. The molecule has 0 unspecified atom stereocenters. The maximum absolute atomic E-state index is 13.2. The van der Waals surface area contributed by atoms with E-state index in [0.29, 0.717) is 0 Å². The molecular formula is C22H20O9. The van der Waals surface area contributed by atoms with E-state index >= 15 is 0 Å². The van der Waals surface area contributed by atoms with Crippen molar-refractivity contribution in [1.29, 1.82) is 0 Å². The van der Waals surface area contributed by atoms with Gasteiger partial charge in [0.25, 0.3) is 0 Å². The largest absolute Gasteiger partial charge is 0.507 e. The summed E-state index contributed by atoms with van der Waals surface area (Å²) in [6, 6.07) is 2.06.